The predicted octanol–water partition coefficient (Wildman–Crippen LogP) is 4.22. The lowest BCUT2D eigenvalue weighted by molar-refractivity contribution is 0.112. The predicted molar refractivity (Wildman–Crippen MR) is 86.4 cm³/mol. The van der Waals surface area contributed by atoms with Gasteiger partial charge in [-0.3, -0.25) is 4.79 Å². The van der Waals surface area contributed by atoms with Gasteiger partial charge in [0.2, 0.25) is 0 Å². The van der Waals surface area contributed by atoms with Gasteiger partial charge in [-0.2, -0.15) is 0 Å². The summed E-state index contributed by atoms with van der Waals surface area (Å²) < 4.78 is 25.5. The molecule has 0 saturated heterocycles. The molecule has 2 aromatic rings. The van der Waals surface area contributed by atoms with Gasteiger partial charge in [0, 0.05) is 11.1 Å². The largest absolute Gasteiger partial charge is 0.490 e. The zero-order valence-corrected chi connectivity index (χ0v) is 13.6. The summed E-state index contributed by atoms with van der Waals surface area (Å²) in [6, 6.07) is 9.77. The molecule has 0 aliphatic rings. The summed E-state index contributed by atoms with van der Waals surface area (Å²) in [6.07, 6.45) is 0.755. The third kappa shape index (κ3) is 3.93. The lowest BCUT2D eigenvalue weighted by Crippen LogP contribution is -2.03. The molecule has 0 N–H and O–H groups in total. The first-order valence-electron chi connectivity index (χ1n) is 6.43. The molecule has 0 aliphatic carbocycles. The first kappa shape index (κ1) is 15.8. The van der Waals surface area contributed by atoms with Crippen LogP contribution >= 0.6 is 22.6 Å². The number of hydrogen-bond donors (Lipinski definition) is 0. The highest BCUT2D eigenvalue weighted by molar-refractivity contribution is 14.1. The van der Waals surface area contributed by atoms with Crippen molar-refractivity contribution in [3.05, 3.63) is 56.9 Å². The second-order valence-corrected chi connectivity index (χ2v) is 5.42. The summed E-state index contributed by atoms with van der Waals surface area (Å²) in [6.45, 7) is 2.40. The Morgan fingerprint density at radius 2 is 2.00 bits per heavy atom. The van der Waals surface area contributed by atoms with Gasteiger partial charge in [0.15, 0.2) is 11.5 Å². The summed E-state index contributed by atoms with van der Waals surface area (Å²) in [5, 5.41) is 0. The second-order valence-electron chi connectivity index (χ2n) is 4.26. The molecule has 0 aromatic heterocycles. The normalized spacial score (nSPS) is 10.2. The Hall–Kier alpha value is -1.63. The first-order valence-corrected chi connectivity index (χ1v) is 7.51. The van der Waals surface area contributed by atoms with Crippen molar-refractivity contribution in [3.63, 3.8) is 0 Å². The molecule has 3 nitrogen and oxygen atoms in total. The molecule has 110 valence electrons. The van der Waals surface area contributed by atoms with Crippen LogP contribution in [0.15, 0.2) is 36.4 Å². The highest BCUT2D eigenvalue weighted by Crippen LogP contribution is 2.34. The molecule has 0 atom stereocenters. The van der Waals surface area contributed by atoms with E-state index in [9.17, 15) is 9.18 Å². The molecule has 0 aliphatic heterocycles. The van der Waals surface area contributed by atoms with Crippen molar-refractivity contribution in [3.8, 4) is 11.5 Å². The average Bonchev–Trinajstić information content (AvgIpc) is 2.48. The van der Waals surface area contributed by atoms with Gasteiger partial charge in [-0.15, -0.1) is 0 Å². The molecule has 0 fully saturated rings. The minimum atomic E-state index is -0.310. The molecule has 0 radical (unpaired) electrons. The van der Waals surface area contributed by atoms with E-state index in [2.05, 4.69) is 22.6 Å². The fourth-order valence-electron chi connectivity index (χ4n) is 1.82. The Morgan fingerprint density at radius 3 is 2.67 bits per heavy atom. The van der Waals surface area contributed by atoms with Crippen LogP contribution in [-0.4, -0.2) is 12.9 Å². The number of ether oxygens (including phenoxy) is 2. The minimum absolute atomic E-state index is 0.100. The zero-order valence-electron chi connectivity index (χ0n) is 11.4. The molecular formula is C16H14FIO3. The molecule has 5 heteroatoms. The number of halogens is 2. The Balaban J connectivity index is 2.26. The summed E-state index contributed by atoms with van der Waals surface area (Å²) in [5.41, 5.74) is 0.983. The van der Waals surface area contributed by atoms with E-state index in [0.29, 0.717) is 29.2 Å². The topological polar surface area (TPSA) is 35.5 Å². The SMILES string of the molecule is CCOc1cc(C=O)cc(I)c1OCc1ccccc1F. The molecule has 2 aromatic carbocycles. The van der Waals surface area contributed by atoms with Gasteiger partial charge in [0.1, 0.15) is 18.7 Å². The third-order valence-electron chi connectivity index (χ3n) is 2.80. The fraction of sp³-hybridized carbons (Fsp3) is 0.188. The quantitative estimate of drug-likeness (QED) is 0.538. The van der Waals surface area contributed by atoms with Gasteiger partial charge in [-0.25, -0.2) is 4.39 Å². The highest BCUT2D eigenvalue weighted by atomic mass is 127. The number of hydrogen-bond acceptors (Lipinski definition) is 3. The van der Waals surface area contributed by atoms with Crippen molar-refractivity contribution in [2.75, 3.05) is 6.61 Å². The van der Waals surface area contributed by atoms with Crippen molar-refractivity contribution in [2.45, 2.75) is 13.5 Å². The van der Waals surface area contributed by atoms with Crippen molar-refractivity contribution < 1.29 is 18.7 Å². The number of aldehydes is 1. The Bertz CT molecular complexity index is 643. The van der Waals surface area contributed by atoms with Crippen molar-refractivity contribution in [2.24, 2.45) is 0 Å². The Morgan fingerprint density at radius 1 is 1.24 bits per heavy atom. The van der Waals surface area contributed by atoms with Crippen LogP contribution in [0, 0.1) is 9.39 Å². The molecule has 0 spiro atoms. The molecule has 2 rings (SSSR count). The van der Waals surface area contributed by atoms with Gasteiger partial charge < -0.3 is 9.47 Å². The maximum atomic E-state index is 13.6. The molecule has 0 amide bonds. The van der Waals surface area contributed by atoms with E-state index in [0.717, 1.165) is 9.86 Å². The van der Waals surface area contributed by atoms with E-state index in [1.165, 1.54) is 6.07 Å². The van der Waals surface area contributed by atoms with Crippen LogP contribution in [0.5, 0.6) is 11.5 Å². The van der Waals surface area contributed by atoms with E-state index in [1.54, 1.807) is 30.3 Å². The van der Waals surface area contributed by atoms with E-state index >= 15 is 0 Å². The summed E-state index contributed by atoms with van der Waals surface area (Å²) in [4.78, 5) is 10.9. The van der Waals surface area contributed by atoms with Gasteiger partial charge in [-0.1, -0.05) is 18.2 Å². The van der Waals surface area contributed by atoms with E-state index in [1.807, 2.05) is 6.92 Å². The highest BCUT2D eigenvalue weighted by Gasteiger charge is 2.13. The minimum Gasteiger partial charge on any atom is -0.490 e. The molecule has 0 unspecified atom stereocenters. The number of benzene rings is 2. The van der Waals surface area contributed by atoms with E-state index < -0.39 is 0 Å². The standard InChI is InChI=1S/C16H14FIO3/c1-2-20-15-8-11(9-19)7-14(18)16(15)21-10-12-5-3-4-6-13(12)17/h3-9H,2,10H2,1H3. The van der Waals surface area contributed by atoms with Gasteiger partial charge in [-0.05, 0) is 47.7 Å². The van der Waals surface area contributed by atoms with Crippen molar-refractivity contribution >= 4 is 28.9 Å². The molecule has 0 heterocycles. The van der Waals surface area contributed by atoms with Crippen LogP contribution in [0.4, 0.5) is 4.39 Å². The van der Waals surface area contributed by atoms with E-state index in [-0.39, 0.29) is 12.4 Å². The zero-order chi connectivity index (χ0) is 15.2. The summed E-state index contributed by atoms with van der Waals surface area (Å²) in [5.74, 6) is 0.698. The summed E-state index contributed by atoms with van der Waals surface area (Å²) in [7, 11) is 0. The second kappa shape index (κ2) is 7.40. The van der Waals surface area contributed by atoms with Crippen LogP contribution in [-0.2, 0) is 6.61 Å². The third-order valence-corrected chi connectivity index (χ3v) is 3.60. The van der Waals surface area contributed by atoms with Crippen LogP contribution < -0.4 is 9.47 Å². The lowest BCUT2D eigenvalue weighted by atomic mass is 10.2. The van der Waals surface area contributed by atoms with Crippen molar-refractivity contribution in [1.29, 1.82) is 0 Å². The van der Waals surface area contributed by atoms with Crippen molar-refractivity contribution in [1.82, 2.24) is 0 Å². The maximum absolute atomic E-state index is 13.6. The number of carbonyl (C=O) groups excluding carboxylic acids is 1. The van der Waals surface area contributed by atoms with Gasteiger partial charge in [0.05, 0.1) is 10.2 Å². The molecule has 21 heavy (non-hydrogen) atoms. The molecular weight excluding hydrogens is 386 g/mol. The van der Waals surface area contributed by atoms with Gasteiger partial charge >= 0.3 is 0 Å². The summed E-state index contributed by atoms with van der Waals surface area (Å²) >= 11 is 2.07. The lowest BCUT2D eigenvalue weighted by Gasteiger charge is -2.14. The first-order chi connectivity index (χ1) is 10.2. The Kier molecular flexibility index (Phi) is 5.55. The number of rotatable bonds is 6. The maximum Gasteiger partial charge on any atom is 0.175 e. The molecule has 0 bridgehead atoms. The van der Waals surface area contributed by atoms with Crippen LogP contribution in [0.25, 0.3) is 0 Å². The van der Waals surface area contributed by atoms with Gasteiger partial charge in [0.25, 0.3) is 0 Å². The average molecular weight is 400 g/mol. The Labute approximate surface area is 136 Å². The van der Waals surface area contributed by atoms with E-state index in [4.69, 9.17) is 9.47 Å². The van der Waals surface area contributed by atoms with Crippen LogP contribution in [0.1, 0.15) is 22.8 Å². The smallest absolute Gasteiger partial charge is 0.175 e. The molecule has 0 saturated carbocycles. The van der Waals surface area contributed by atoms with Crippen LogP contribution in [0.2, 0.25) is 0 Å². The van der Waals surface area contributed by atoms with Crippen LogP contribution in [0.3, 0.4) is 0 Å². The fourth-order valence-corrected chi connectivity index (χ4v) is 2.61. The number of carbonyl (C=O) groups is 1. The monoisotopic (exact) mass is 400 g/mol.